The Morgan fingerprint density at radius 3 is 2.29 bits per heavy atom. The van der Waals surface area contributed by atoms with Crippen LogP contribution in [0, 0.1) is 0 Å². The minimum Gasteiger partial charge on any atom is -0.394 e. The second kappa shape index (κ2) is 13.5. The summed E-state index contributed by atoms with van der Waals surface area (Å²) < 4.78 is 60.8. The van der Waals surface area contributed by atoms with Crippen molar-refractivity contribution in [2.24, 2.45) is 5.73 Å². The first-order chi connectivity index (χ1) is 15.4. The molecule has 0 heterocycles. The molecule has 0 radical (unpaired) electrons. The lowest BCUT2D eigenvalue weighted by Gasteiger charge is -2.28. The zero-order valence-electron chi connectivity index (χ0n) is 18.8. The molecule has 0 aliphatic rings. The van der Waals surface area contributed by atoms with Crippen LogP contribution in [0.2, 0.25) is 5.02 Å². The molecular weight excluding hydrogens is 533 g/mol. The van der Waals surface area contributed by atoms with Crippen LogP contribution in [0.4, 0.5) is 13.2 Å². The molecule has 2 rings (SSSR count). The summed E-state index contributed by atoms with van der Waals surface area (Å²) >= 11 is 7.60. The van der Waals surface area contributed by atoms with Crippen LogP contribution in [0.15, 0.2) is 52.3 Å². The summed E-state index contributed by atoms with van der Waals surface area (Å²) in [5.41, 5.74) is 5.51. The summed E-state index contributed by atoms with van der Waals surface area (Å²) in [6, 6.07) is 10.5. The molecule has 34 heavy (non-hydrogen) atoms. The van der Waals surface area contributed by atoms with Gasteiger partial charge in [0.2, 0.25) is 0 Å². The van der Waals surface area contributed by atoms with Crippen molar-refractivity contribution in [1.82, 2.24) is 0 Å². The number of halogens is 5. The van der Waals surface area contributed by atoms with E-state index < -0.39 is 24.9 Å². The molecule has 0 bridgehead atoms. The molecule has 0 fully saturated rings. The van der Waals surface area contributed by atoms with Gasteiger partial charge in [-0.25, -0.2) is 0 Å². The van der Waals surface area contributed by atoms with Crippen molar-refractivity contribution in [3.63, 3.8) is 0 Å². The third-order valence-corrected chi connectivity index (χ3v) is 8.51. The van der Waals surface area contributed by atoms with Crippen LogP contribution in [0.3, 0.4) is 0 Å². The molecule has 1 unspecified atom stereocenters. The molecule has 192 valence electrons. The lowest BCUT2D eigenvalue weighted by atomic mass is 9.91. The molecule has 0 saturated heterocycles. The van der Waals surface area contributed by atoms with Crippen molar-refractivity contribution in [1.29, 1.82) is 0 Å². The summed E-state index contributed by atoms with van der Waals surface area (Å²) in [5.74, 6) is 0. The molecule has 12 heteroatoms. The Kier molecular flexibility index (Phi) is 12.4. The second-order valence-electron chi connectivity index (χ2n) is 7.70. The predicted molar refractivity (Wildman–Crippen MR) is 132 cm³/mol. The molecule has 0 aliphatic heterocycles. The van der Waals surface area contributed by atoms with Gasteiger partial charge >= 0.3 is 13.8 Å². The number of aliphatic hydroxyl groups is 1. The van der Waals surface area contributed by atoms with E-state index in [4.69, 9.17) is 26.4 Å². The van der Waals surface area contributed by atoms with E-state index in [0.29, 0.717) is 29.2 Å². The zero-order chi connectivity index (χ0) is 24.7. The highest BCUT2D eigenvalue weighted by Crippen LogP contribution is 2.47. The normalized spacial score (nSPS) is 13.9. The number of hydrogen-bond acceptors (Lipinski definition) is 6. The van der Waals surface area contributed by atoms with Crippen LogP contribution < -0.4 is 5.73 Å². The van der Waals surface area contributed by atoms with Crippen LogP contribution >= 0.6 is 43.4 Å². The molecule has 0 amide bonds. The Morgan fingerprint density at radius 1 is 1.09 bits per heavy atom. The Balaban J connectivity index is 0.00000578. The fourth-order valence-electron chi connectivity index (χ4n) is 3.20. The zero-order valence-corrected chi connectivity index (χ0v) is 22.1. The van der Waals surface area contributed by atoms with Crippen molar-refractivity contribution in [2.45, 2.75) is 47.2 Å². The van der Waals surface area contributed by atoms with Gasteiger partial charge in [0, 0.05) is 34.6 Å². The van der Waals surface area contributed by atoms with Crippen LogP contribution in [-0.4, -0.2) is 37.6 Å². The first-order valence-corrected chi connectivity index (χ1v) is 13.1. The molecule has 0 aliphatic carbocycles. The van der Waals surface area contributed by atoms with Crippen molar-refractivity contribution >= 4 is 43.4 Å². The van der Waals surface area contributed by atoms with Gasteiger partial charge in [-0.15, -0.1) is 12.4 Å². The number of alkyl halides is 3. The number of nitrogens with two attached hydrogens (primary N) is 1. The average Bonchev–Trinajstić information content (AvgIpc) is 2.78. The number of aliphatic hydroxyl groups excluding tert-OH is 1. The van der Waals surface area contributed by atoms with Crippen LogP contribution in [0.5, 0.6) is 0 Å². The van der Waals surface area contributed by atoms with E-state index >= 15 is 0 Å². The lowest BCUT2D eigenvalue weighted by Crippen LogP contribution is -2.44. The third-order valence-electron chi connectivity index (χ3n) is 5.30. The van der Waals surface area contributed by atoms with Gasteiger partial charge in [0.05, 0.1) is 18.3 Å². The smallest absolute Gasteiger partial charge is 0.394 e. The van der Waals surface area contributed by atoms with Gasteiger partial charge in [-0.1, -0.05) is 35.5 Å². The standard InChI is InChI=1S/C22H28ClF3NO4PS.ClH/c1-30-32(29,31-2)12-11-21(27,15-28)10-4-5-16-8-9-19(14-20(16)23)33-18-7-3-6-17(13-18)22(24,25)26;/h3,6-9,13-14,28H,4-5,10-12,15,27H2,1-2H3;1H. The number of hydrogen-bond donors (Lipinski definition) is 2. The van der Waals surface area contributed by atoms with E-state index in [9.17, 15) is 22.8 Å². The minimum absolute atomic E-state index is 0. The Hall–Kier alpha value is -0.770. The first-order valence-electron chi connectivity index (χ1n) is 10.2. The highest BCUT2D eigenvalue weighted by atomic mass is 35.5. The van der Waals surface area contributed by atoms with E-state index in [2.05, 4.69) is 0 Å². The quantitative estimate of drug-likeness (QED) is 0.277. The Labute approximate surface area is 213 Å². The molecule has 5 nitrogen and oxygen atoms in total. The first kappa shape index (κ1) is 31.3. The average molecular weight is 562 g/mol. The molecule has 2 aromatic rings. The molecule has 0 saturated carbocycles. The number of aryl methyl sites for hydroxylation is 1. The molecule has 1 atom stereocenters. The predicted octanol–water partition coefficient (Wildman–Crippen LogP) is 6.82. The van der Waals surface area contributed by atoms with E-state index in [-0.39, 0.29) is 31.6 Å². The van der Waals surface area contributed by atoms with E-state index in [0.717, 1.165) is 22.6 Å². The van der Waals surface area contributed by atoms with E-state index in [1.54, 1.807) is 18.2 Å². The maximum absolute atomic E-state index is 12.9. The number of benzene rings is 2. The van der Waals surface area contributed by atoms with Gasteiger partial charge in [0.1, 0.15) is 0 Å². The second-order valence-corrected chi connectivity index (χ2v) is 11.7. The monoisotopic (exact) mass is 561 g/mol. The molecular formula is C22H29Cl2F3NO4PS. The molecule has 0 spiro atoms. The summed E-state index contributed by atoms with van der Waals surface area (Å²) in [4.78, 5) is 1.19. The van der Waals surface area contributed by atoms with Crippen LogP contribution in [0.1, 0.15) is 30.4 Å². The fraction of sp³-hybridized carbons (Fsp3) is 0.455. The van der Waals surface area contributed by atoms with E-state index in [1.165, 1.54) is 32.0 Å². The molecule has 2 aromatic carbocycles. The van der Waals surface area contributed by atoms with Crippen molar-refractivity contribution in [3.8, 4) is 0 Å². The maximum Gasteiger partial charge on any atom is 0.416 e. The summed E-state index contributed by atoms with van der Waals surface area (Å²) in [6.07, 6.45) is -2.34. The van der Waals surface area contributed by atoms with Gasteiger partial charge < -0.3 is 19.9 Å². The SMILES string of the molecule is COP(=O)(CCC(N)(CO)CCCc1ccc(Sc2cccc(C(F)(F)F)c2)cc1Cl)OC.Cl. The third kappa shape index (κ3) is 9.36. The van der Waals surface area contributed by atoms with Crippen LogP contribution in [-0.2, 0) is 26.2 Å². The summed E-state index contributed by atoms with van der Waals surface area (Å²) in [5, 5.41) is 10.2. The van der Waals surface area contributed by atoms with Crippen molar-refractivity contribution < 1.29 is 31.9 Å². The highest BCUT2D eigenvalue weighted by molar-refractivity contribution is 7.99. The van der Waals surface area contributed by atoms with Crippen molar-refractivity contribution in [3.05, 3.63) is 58.6 Å². The van der Waals surface area contributed by atoms with Gasteiger partial charge in [-0.3, -0.25) is 4.57 Å². The van der Waals surface area contributed by atoms with Gasteiger partial charge in [0.15, 0.2) is 0 Å². The lowest BCUT2D eigenvalue weighted by molar-refractivity contribution is -0.137. The largest absolute Gasteiger partial charge is 0.416 e. The minimum atomic E-state index is -4.39. The van der Waals surface area contributed by atoms with Crippen LogP contribution in [0.25, 0.3) is 0 Å². The highest BCUT2D eigenvalue weighted by Gasteiger charge is 2.31. The van der Waals surface area contributed by atoms with Gasteiger partial charge in [0.25, 0.3) is 0 Å². The fourth-order valence-corrected chi connectivity index (χ4v) is 5.69. The van der Waals surface area contributed by atoms with Gasteiger partial charge in [-0.05, 0) is 61.6 Å². The number of rotatable bonds is 12. The van der Waals surface area contributed by atoms with E-state index in [1.807, 2.05) is 6.07 Å². The summed E-state index contributed by atoms with van der Waals surface area (Å²) in [6.45, 7) is -0.277. The molecule has 0 aromatic heterocycles. The molecule has 3 N–H and O–H groups in total. The maximum atomic E-state index is 12.9. The summed E-state index contributed by atoms with van der Waals surface area (Å²) in [7, 11) is -0.605. The van der Waals surface area contributed by atoms with Gasteiger partial charge in [-0.2, -0.15) is 13.2 Å². The topological polar surface area (TPSA) is 81.8 Å². The Bertz CT molecular complexity index is 975. The van der Waals surface area contributed by atoms with Crippen molar-refractivity contribution in [2.75, 3.05) is 27.0 Å². The Morgan fingerprint density at radius 2 is 1.74 bits per heavy atom.